The molecule has 0 aliphatic carbocycles. The van der Waals surface area contributed by atoms with Crippen molar-refractivity contribution in [3.05, 3.63) is 0 Å². The molecule has 0 saturated carbocycles. The van der Waals surface area contributed by atoms with Crippen LogP contribution in [-0.4, -0.2) is 36.5 Å². The first-order valence-electron chi connectivity index (χ1n) is 7.26. The van der Waals surface area contributed by atoms with E-state index in [0.29, 0.717) is 11.9 Å². The van der Waals surface area contributed by atoms with E-state index in [-0.39, 0.29) is 12.4 Å². The molecule has 1 atom stereocenters. The average molecular weight is 277 g/mol. The van der Waals surface area contributed by atoms with Crippen molar-refractivity contribution in [2.45, 2.75) is 64.8 Å². The minimum atomic E-state index is 0. The van der Waals surface area contributed by atoms with Crippen molar-refractivity contribution in [1.29, 1.82) is 0 Å². The summed E-state index contributed by atoms with van der Waals surface area (Å²) in [5.74, 6) is 0.356. The third kappa shape index (κ3) is 6.60. The van der Waals surface area contributed by atoms with Gasteiger partial charge >= 0.3 is 0 Å². The monoisotopic (exact) mass is 276 g/mol. The van der Waals surface area contributed by atoms with Gasteiger partial charge in [0.2, 0.25) is 5.91 Å². The van der Waals surface area contributed by atoms with Gasteiger partial charge in [0.25, 0.3) is 0 Å². The molecule has 1 unspecified atom stereocenters. The number of piperazine rings is 1. The second kappa shape index (κ2) is 10.6. The molecule has 0 aromatic rings. The van der Waals surface area contributed by atoms with E-state index >= 15 is 0 Å². The van der Waals surface area contributed by atoms with E-state index in [0.717, 1.165) is 32.5 Å². The third-order valence-corrected chi connectivity index (χ3v) is 3.57. The van der Waals surface area contributed by atoms with E-state index < -0.39 is 0 Å². The lowest BCUT2D eigenvalue weighted by molar-refractivity contribution is -0.134. The quantitative estimate of drug-likeness (QED) is 0.725. The summed E-state index contributed by atoms with van der Waals surface area (Å²) in [6, 6.07) is 0.372. The molecule has 1 aliphatic rings. The zero-order valence-electron chi connectivity index (χ0n) is 11.9. The number of amides is 1. The Morgan fingerprint density at radius 1 is 1.22 bits per heavy atom. The number of halogens is 1. The lowest BCUT2D eigenvalue weighted by atomic mass is 10.1. The summed E-state index contributed by atoms with van der Waals surface area (Å²) in [6.45, 7) is 7.14. The molecule has 1 fully saturated rings. The number of nitrogens with zero attached hydrogens (tertiary/aromatic N) is 1. The highest BCUT2D eigenvalue weighted by Gasteiger charge is 2.21. The molecule has 0 aromatic carbocycles. The summed E-state index contributed by atoms with van der Waals surface area (Å²) in [7, 11) is 0. The summed E-state index contributed by atoms with van der Waals surface area (Å²) < 4.78 is 0. The Labute approximate surface area is 118 Å². The number of unbranched alkanes of at least 4 members (excludes halogenated alkanes) is 5. The highest BCUT2D eigenvalue weighted by Crippen LogP contribution is 2.10. The molecular weight excluding hydrogens is 248 g/mol. The molecule has 0 spiro atoms. The molecule has 1 rings (SSSR count). The van der Waals surface area contributed by atoms with Gasteiger partial charge < -0.3 is 10.2 Å². The van der Waals surface area contributed by atoms with Gasteiger partial charge in [-0.2, -0.15) is 0 Å². The first-order valence-corrected chi connectivity index (χ1v) is 7.26. The van der Waals surface area contributed by atoms with Crippen LogP contribution in [0.5, 0.6) is 0 Å². The van der Waals surface area contributed by atoms with Crippen molar-refractivity contribution in [2.75, 3.05) is 19.6 Å². The standard InChI is InChI=1S/C14H28N2O.ClH/c1-3-4-5-6-7-8-9-14(17)16-11-10-15-12-13(16)2;/h13,15H,3-12H2,1-2H3;1H. The van der Waals surface area contributed by atoms with Crippen molar-refractivity contribution in [3.8, 4) is 0 Å². The zero-order valence-corrected chi connectivity index (χ0v) is 12.7. The average Bonchev–Trinajstić information content (AvgIpc) is 2.34. The van der Waals surface area contributed by atoms with Crippen molar-refractivity contribution in [3.63, 3.8) is 0 Å². The van der Waals surface area contributed by atoms with Crippen molar-refractivity contribution in [2.24, 2.45) is 0 Å². The fourth-order valence-electron chi connectivity index (χ4n) is 2.41. The third-order valence-electron chi connectivity index (χ3n) is 3.57. The molecule has 0 aromatic heterocycles. The second-order valence-corrected chi connectivity index (χ2v) is 5.16. The van der Waals surface area contributed by atoms with E-state index in [9.17, 15) is 4.79 Å². The molecule has 108 valence electrons. The normalized spacial score (nSPS) is 19.4. The van der Waals surface area contributed by atoms with Crippen LogP contribution in [-0.2, 0) is 4.79 Å². The number of hydrogen-bond acceptors (Lipinski definition) is 2. The zero-order chi connectivity index (χ0) is 12.5. The van der Waals surface area contributed by atoms with Crippen LogP contribution in [0.2, 0.25) is 0 Å². The van der Waals surface area contributed by atoms with Gasteiger partial charge in [-0.3, -0.25) is 4.79 Å². The van der Waals surface area contributed by atoms with E-state index in [1.807, 2.05) is 4.90 Å². The molecule has 1 heterocycles. The summed E-state index contributed by atoms with van der Waals surface area (Å²) in [5, 5.41) is 3.32. The largest absolute Gasteiger partial charge is 0.337 e. The van der Waals surface area contributed by atoms with Gasteiger partial charge in [0, 0.05) is 32.1 Å². The smallest absolute Gasteiger partial charge is 0.222 e. The van der Waals surface area contributed by atoms with Gasteiger partial charge in [-0.25, -0.2) is 0 Å². The van der Waals surface area contributed by atoms with Gasteiger partial charge in [-0.1, -0.05) is 39.0 Å². The lowest BCUT2D eigenvalue weighted by Gasteiger charge is -2.34. The maximum atomic E-state index is 12.0. The van der Waals surface area contributed by atoms with Gasteiger partial charge in [0.05, 0.1) is 0 Å². The number of rotatable bonds is 7. The fourth-order valence-corrected chi connectivity index (χ4v) is 2.41. The van der Waals surface area contributed by atoms with Crippen molar-refractivity contribution >= 4 is 18.3 Å². The number of hydrogen-bond donors (Lipinski definition) is 1. The van der Waals surface area contributed by atoms with E-state index in [2.05, 4.69) is 19.2 Å². The highest BCUT2D eigenvalue weighted by atomic mass is 35.5. The predicted molar refractivity (Wildman–Crippen MR) is 79.3 cm³/mol. The Bertz CT molecular complexity index is 224. The number of carbonyl (C=O) groups excluding carboxylic acids is 1. The van der Waals surface area contributed by atoms with Gasteiger partial charge in [0.1, 0.15) is 0 Å². The van der Waals surface area contributed by atoms with Gasteiger partial charge in [-0.05, 0) is 13.3 Å². The maximum Gasteiger partial charge on any atom is 0.222 e. The van der Waals surface area contributed by atoms with E-state index in [4.69, 9.17) is 0 Å². The van der Waals surface area contributed by atoms with Crippen LogP contribution in [0.4, 0.5) is 0 Å². The van der Waals surface area contributed by atoms with Crippen LogP contribution in [0.15, 0.2) is 0 Å². The minimum absolute atomic E-state index is 0. The molecule has 1 N–H and O–H groups in total. The summed E-state index contributed by atoms with van der Waals surface area (Å²) in [4.78, 5) is 14.0. The molecule has 1 aliphatic heterocycles. The van der Waals surface area contributed by atoms with Crippen molar-refractivity contribution in [1.82, 2.24) is 10.2 Å². The van der Waals surface area contributed by atoms with E-state index in [1.54, 1.807) is 0 Å². The Morgan fingerprint density at radius 2 is 1.89 bits per heavy atom. The Balaban J connectivity index is 0.00000289. The maximum absolute atomic E-state index is 12.0. The molecule has 4 heteroatoms. The molecular formula is C14H29ClN2O. The topological polar surface area (TPSA) is 32.3 Å². The summed E-state index contributed by atoms with van der Waals surface area (Å²) >= 11 is 0. The minimum Gasteiger partial charge on any atom is -0.337 e. The first kappa shape index (κ1) is 17.7. The Kier molecular flexibility index (Phi) is 10.5. The van der Waals surface area contributed by atoms with Crippen LogP contribution in [0.1, 0.15) is 58.8 Å². The molecule has 1 amide bonds. The highest BCUT2D eigenvalue weighted by molar-refractivity contribution is 5.85. The number of carbonyl (C=O) groups is 1. The summed E-state index contributed by atoms with van der Waals surface area (Å²) in [6.07, 6.45) is 8.27. The molecule has 18 heavy (non-hydrogen) atoms. The Morgan fingerprint density at radius 3 is 2.56 bits per heavy atom. The van der Waals surface area contributed by atoms with Crippen LogP contribution in [0, 0.1) is 0 Å². The van der Waals surface area contributed by atoms with Crippen LogP contribution < -0.4 is 5.32 Å². The first-order chi connectivity index (χ1) is 8.25. The molecule has 3 nitrogen and oxygen atoms in total. The van der Waals surface area contributed by atoms with Gasteiger partial charge in [-0.15, -0.1) is 12.4 Å². The SMILES string of the molecule is CCCCCCCCC(=O)N1CCNCC1C.Cl. The van der Waals surface area contributed by atoms with Crippen LogP contribution >= 0.6 is 12.4 Å². The molecule has 1 saturated heterocycles. The lowest BCUT2D eigenvalue weighted by Crippen LogP contribution is -2.52. The predicted octanol–water partition coefficient (Wildman–Crippen LogP) is 2.98. The fraction of sp³-hybridized carbons (Fsp3) is 0.929. The molecule has 0 radical (unpaired) electrons. The van der Waals surface area contributed by atoms with Gasteiger partial charge in [0.15, 0.2) is 0 Å². The molecule has 0 bridgehead atoms. The summed E-state index contributed by atoms with van der Waals surface area (Å²) in [5.41, 5.74) is 0. The van der Waals surface area contributed by atoms with Crippen molar-refractivity contribution < 1.29 is 4.79 Å². The van der Waals surface area contributed by atoms with Crippen LogP contribution in [0.3, 0.4) is 0 Å². The Hall–Kier alpha value is -0.280. The van der Waals surface area contributed by atoms with E-state index in [1.165, 1.54) is 32.1 Å². The second-order valence-electron chi connectivity index (χ2n) is 5.16. The number of nitrogens with one attached hydrogen (secondary N) is 1. The van der Waals surface area contributed by atoms with Crippen LogP contribution in [0.25, 0.3) is 0 Å².